The minimum Gasteiger partial charge on any atom is -0.289 e. The van der Waals surface area contributed by atoms with E-state index in [1.807, 2.05) is 6.92 Å². The van der Waals surface area contributed by atoms with E-state index in [4.69, 9.17) is 11.6 Å². The van der Waals surface area contributed by atoms with Crippen molar-refractivity contribution in [3.63, 3.8) is 0 Å². The Hall–Kier alpha value is -2.70. The molecule has 4 nitrogen and oxygen atoms in total. The predicted molar refractivity (Wildman–Crippen MR) is 117 cm³/mol. The summed E-state index contributed by atoms with van der Waals surface area (Å²) >= 11 is 6.13. The Kier molecular flexibility index (Phi) is 6.90. The molecule has 0 amide bonds. The number of benzene rings is 3. The Labute approximate surface area is 181 Å². The SMILES string of the molecule is CCCCN(c1ccc(Cl)cc1C(=O)c1ccc(F)cc1)S(=O)(=O)c1ccccc1. The van der Waals surface area contributed by atoms with E-state index in [0.717, 1.165) is 6.42 Å². The highest BCUT2D eigenvalue weighted by Crippen LogP contribution is 2.31. The number of unbranched alkanes of at least 4 members (excludes halogenated alkanes) is 1. The molecule has 0 aromatic heterocycles. The van der Waals surface area contributed by atoms with E-state index in [-0.39, 0.29) is 28.3 Å². The molecule has 0 fully saturated rings. The number of hydrogen-bond donors (Lipinski definition) is 0. The van der Waals surface area contributed by atoms with Crippen molar-refractivity contribution in [2.75, 3.05) is 10.8 Å². The van der Waals surface area contributed by atoms with E-state index in [2.05, 4.69) is 0 Å². The fourth-order valence-corrected chi connectivity index (χ4v) is 4.77. The highest BCUT2D eigenvalue weighted by atomic mass is 35.5. The summed E-state index contributed by atoms with van der Waals surface area (Å²) in [5.74, 6) is -0.897. The second-order valence-electron chi connectivity index (χ2n) is 6.74. The van der Waals surface area contributed by atoms with Crippen molar-refractivity contribution in [3.8, 4) is 0 Å². The van der Waals surface area contributed by atoms with Gasteiger partial charge >= 0.3 is 0 Å². The molecular weight excluding hydrogens is 425 g/mol. The third-order valence-corrected chi connectivity index (χ3v) is 6.69. The summed E-state index contributed by atoms with van der Waals surface area (Å²) < 4.78 is 41.4. The average Bonchev–Trinajstić information content (AvgIpc) is 2.75. The van der Waals surface area contributed by atoms with E-state index < -0.39 is 21.6 Å². The molecular formula is C23H21ClFNO3S. The Bertz CT molecular complexity index is 1130. The quantitative estimate of drug-likeness (QED) is 0.417. The molecule has 0 saturated carbocycles. The minimum atomic E-state index is -3.91. The first-order valence-electron chi connectivity index (χ1n) is 9.52. The maximum absolute atomic E-state index is 13.4. The molecule has 0 bridgehead atoms. The van der Waals surface area contributed by atoms with Crippen molar-refractivity contribution in [3.05, 3.63) is 94.8 Å². The number of rotatable bonds is 8. The minimum absolute atomic E-state index is 0.135. The van der Waals surface area contributed by atoms with Gasteiger partial charge in [0.05, 0.1) is 10.6 Å². The number of carbonyl (C=O) groups excluding carboxylic acids is 1. The first-order chi connectivity index (χ1) is 14.3. The molecule has 0 atom stereocenters. The molecule has 7 heteroatoms. The van der Waals surface area contributed by atoms with E-state index in [1.165, 1.54) is 52.8 Å². The Morgan fingerprint density at radius 2 is 1.67 bits per heavy atom. The Morgan fingerprint density at radius 3 is 2.30 bits per heavy atom. The van der Waals surface area contributed by atoms with Gasteiger partial charge in [0.1, 0.15) is 5.82 Å². The third kappa shape index (κ3) is 4.71. The molecule has 0 heterocycles. The molecule has 3 aromatic carbocycles. The van der Waals surface area contributed by atoms with Gasteiger partial charge in [-0.3, -0.25) is 9.10 Å². The second-order valence-corrected chi connectivity index (χ2v) is 9.04. The van der Waals surface area contributed by atoms with Gasteiger partial charge in [0, 0.05) is 22.7 Å². The van der Waals surface area contributed by atoms with Gasteiger partial charge in [0.2, 0.25) is 0 Å². The molecule has 0 saturated heterocycles. The lowest BCUT2D eigenvalue weighted by molar-refractivity contribution is 0.103. The second kappa shape index (κ2) is 9.41. The summed E-state index contributed by atoms with van der Waals surface area (Å²) in [5, 5.41) is 0.303. The maximum atomic E-state index is 13.4. The standard InChI is InChI=1S/C23H21ClFNO3S/c1-2-3-15-26(30(28,29)20-7-5-4-6-8-20)22-14-11-18(24)16-21(22)23(27)17-9-12-19(25)13-10-17/h4-14,16H,2-3,15H2,1H3. The van der Waals surface area contributed by atoms with Gasteiger partial charge < -0.3 is 0 Å². The molecule has 0 radical (unpaired) electrons. The molecule has 0 N–H and O–H groups in total. The van der Waals surface area contributed by atoms with Gasteiger partial charge in [0.25, 0.3) is 10.0 Å². The monoisotopic (exact) mass is 445 g/mol. The Morgan fingerprint density at radius 1 is 1.00 bits per heavy atom. The van der Waals surface area contributed by atoms with Crippen LogP contribution in [0, 0.1) is 5.82 Å². The zero-order valence-corrected chi connectivity index (χ0v) is 18.0. The van der Waals surface area contributed by atoms with Crippen LogP contribution in [0.15, 0.2) is 77.7 Å². The van der Waals surface area contributed by atoms with Crippen molar-refractivity contribution in [1.29, 1.82) is 0 Å². The van der Waals surface area contributed by atoms with Gasteiger partial charge in [-0.15, -0.1) is 0 Å². The summed E-state index contributed by atoms with van der Waals surface area (Å²) in [5.41, 5.74) is 0.628. The van der Waals surface area contributed by atoms with Crippen LogP contribution in [0.1, 0.15) is 35.7 Å². The molecule has 30 heavy (non-hydrogen) atoms. The average molecular weight is 446 g/mol. The number of halogens is 2. The van der Waals surface area contributed by atoms with Gasteiger partial charge in [-0.2, -0.15) is 0 Å². The van der Waals surface area contributed by atoms with Crippen LogP contribution in [0.5, 0.6) is 0 Å². The van der Waals surface area contributed by atoms with Crippen LogP contribution in [-0.2, 0) is 10.0 Å². The Balaban J connectivity index is 2.15. The lowest BCUT2D eigenvalue weighted by Crippen LogP contribution is -2.33. The van der Waals surface area contributed by atoms with Crippen LogP contribution in [0.4, 0.5) is 10.1 Å². The van der Waals surface area contributed by atoms with Gasteiger partial charge in [-0.1, -0.05) is 43.1 Å². The van der Waals surface area contributed by atoms with Crippen molar-refractivity contribution in [2.45, 2.75) is 24.7 Å². The molecule has 156 valence electrons. The maximum Gasteiger partial charge on any atom is 0.264 e. The smallest absolute Gasteiger partial charge is 0.264 e. The number of carbonyl (C=O) groups is 1. The number of hydrogen-bond acceptors (Lipinski definition) is 3. The first kappa shape index (κ1) is 22.0. The highest BCUT2D eigenvalue weighted by molar-refractivity contribution is 7.92. The summed E-state index contributed by atoms with van der Waals surface area (Å²) in [6, 6.07) is 17.7. The predicted octanol–water partition coefficient (Wildman–Crippen LogP) is 5.71. The number of nitrogens with zero attached hydrogens (tertiary/aromatic N) is 1. The molecule has 3 aromatic rings. The molecule has 0 aliphatic heterocycles. The molecule has 3 rings (SSSR count). The van der Waals surface area contributed by atoms with Crippen LogP contribution in [0.2, 0.25) is 5.02 Å². The third-order valence-electron chi connectivity index (χ3n) is 4.62. The van der Waals surface area contributed by atoms with E-state index in [1.54, 1.807) is 24.3 Å². The van der Waals surface area contributed by atoms with Crippen LogP contribution >= 0.6 is 11.6 Å². The van der Waals surface area contributed by atoms with E-state index in [9.17, 15) is 17.6 Å². The number of ketones is 1. The fourth-order valence-electron chi connectivity index (χ4n) is 3.06. The summed E-state index contributed by atoms with van der Waals surface area (Å²) in [6.45, 7) is 2.17. The zero-order valence-electron chi connectivity index (χ0n) is 16.4. The lowest BCUT2D eigenvalue weighted by Gasteiger charge is -2.26. The van der Waals surface area contributed by atoms with Crippen molar-refractivity contribution < 1.29 is 17.6 Å². The lowest BCUT2D eigenvalue weighted by atomic mass is 10.0. The van der Waals surface area contributed by atoms with Crippen LogP contribution < -0.4 is 4.31 Å². The van der Waals surface area contributed by atoms with Crippen molar-refractivity contribution in [1.82, 2.24) is 0 Å². The van der Waals surface area contributed by atoms with Crippen molar-refractivity contribution in [2.24, 2.45) is 0 Å². The molecule has 0 aliphatic carbocycles. The number of anilines is 1. The largest absolute Gasteiger partial charge is 0.289 e. The number of sulfonamides is 1. The summed E-state index contributed by atoms with van der Waals surface area (Å²) in [7, 11) is -3.91. The summed E-state index contributed by atoms with van der Waals surface area (Å²) in [4.78, 5) is 13.3. The molecule has 0 spiro atoms. The molecule has 0 unspecified atom stereocenters. The van der Waals surface area contributed by atoms with E-state index in [0.29, 0.717) is 11.4 Å². The van der Waals surface area contributed by atoms with Gasteiger partial charge in [-0.25, -0.2) is 12.8 Å². The van der Waals surface area contributed by atoms with E-state index >= 15 is 0 Å². The van der Waals surface area contributed by atoms with Crippen LogP contribution in [0.25, 0.3) is 0 Å². The van der Waals surface area contributed by atoms with Crippen LogP contribution in [-0.4, -0.2) is 20.7 Å². The first-order valence-corrected chi connectivity index (χ1v) is 11.3. The van der Waals surface area contributed by atoms with Gasteiger partial charge in [0.15, 0.2) is 5.78 Å². The van der Waals surface area contributed by atoms with Crippen LogP contribution in [0.3, 0.4) is 0 Å². The van der Waals surface area contributed by atoms with Crippen molar-refractivity contribution >= 4 is 33.1 Å². The summed E-state index contributed by atoms with van der Waals surface area (Å²) in [6.07, 6.45) is 1.38. The normalized spacial score (nSPS) is 11.3. The zero-order chi connectivity index (χ0) is 21.7. The van der Waals surface area contributed by atoms with Gasteiger partial charge in [-0.05, 0) is 61.0 Å². The fraction of sp³-hybridized carbons (Fsp3) is 0.174. The topological polar surface area (TPSA) is 54.5 Å². The highest BCUT2D eigenvalue weighted by Gasteiger charge is 2.28. The molecule has 0 aliphatic rings.